The number of alkyl halides is 4. The number of aryl methyl sites for hydroxylation is 1. The van der Waals surface area contributed by atoms with Crippen LogP contribution in [0.25, 0.3) is 11.0 Å². The molecule has 3 rings (SSSR count). The minimum absolute atomic E-state index is 0.0712. The molecular weight excluding hydrogens is 426 g/mol. The maximum Gasteiger partial charge on any atom is 0.296 e. The van der Waals surface area contributed by atoms with Crippen LogP contribution in [-0.2, 0) is 11.3 Å². The van der Waals surface area contributed by atoms with Gasteiger partial charge in [-0.3, -0.25) is 14.9 Å². The Morgan fingerprint density at radius 2 is 1.97 bits per heavy atom. The van der Waals surface area contributed by atoms with E-state index in [1.54, 1.807) is 0 Å². The molecule has 2 aromatic heterocycles. The largest absolute Gasteiger partial charge is 0.496 e. The predicted molar refractivity (Wildman–Crippen MR) is 100 cm³/mol. The molecule has 0 aliphatic rings. The Morgan fingerprint density at radius 1 is 1.26 bits per heavy atom. The molecule has 1 amide bonds. The van der Waals surface area contributed by atoms with E-state index >= 15 is 0 Å². The lowest BCUT2D eigenvalue weighted by Gasteiger charge is -2.09. The van der Waals surface area contributed by atoms with Gasteiger partial charge in [0.2, 0.25) is 5.91 Å². The number of nitro benzene ring substituents is 1. The van der Waals surface area contributed by atoms with Crippen molar-refractivity contribution in [2.45, 2.75) is 26.3 Å². The summed E-state index contributed by atoms with van der Waals surface area (Å²) in [6, 6.07) is 4.36. The molecule has 164 valence electrons. The van der Waals surface area contributed by atoms with Crippen LogP contribution in [0.5, 0.6) is 5.75 Å². The normalized spacial score (nSPS) is 11.4. The van der Waals surface area contributed by atoms with Crippen molar-refractivity contribution in [2.75, 3.05) is 12.4 Å². The molecular formula is C18H15F4N5O4. The van der Waals surface area contributed by atoms with E-state index in [1.807, 2.05) is 0 Å². The van der Waals surface area contributed by atoms with Gasteiger partial charge in [0.1, 0.15) is 23.7 Å². The molecule has 0 saturated heterocycles. The van der Waals surface area contributed by atoms with Gasteiger partial charge >= 0.3 is 0 Å². The van der Waals surface area contributed by atoms with Crippen LogP contribution < -0.4 is 10.1 Å². The van der Waals surface area contributed by atoms with Gasteiger partial charge in [-0.25, -0.2) is 27.2 Å². The van der Waals surface area contributed by atoms with E-state index in [1.165, 1.54) is 26.2 Å². The van der Waals surface area contributed by atoms with Crippen LogP contribution in [0.4, 0.5) is 28.9 Å². The summed E-state index contributed by atoms with van der Waals surface area (Å²) in [6.07, 6.45) is -6.17. The summed E-state index contributed by atoms with van der Waals surface area (Å²) in [4.78, 5) is 26.6. The van der Waals surface area contributed by atoms with Crippen LogP contribution >= 0.6 is 0 Å². The third kappa shape index (κ3) is 4.39. The minimum Gasteiger partial charge on any atom is -0.496 e. The lowest BCUT2D eigenvalue weighted by molar-refractivity contribution is -0.384. The Hall–Kier alpha value is -3.77. The third-order valence-electron chi connectivity index (χ3n) is 4.36. The topological polar surface area (TPSA) is 112 Å². The molecule has 0 fully saturated rings. The predicted octanol–water partition coefficient (Wildman–Crippen LogP) is 4.17. The van der Waals surface area contributed by atoms with Crippen LogP contribution in [0.15, 0.2) is 24.3 Å². The molecule has 0 aliphatic carbocycles. The number of fused-ring (bicyclic) bond motifs is 1. The first kappa shape index (κ1) is 21.9. The monoisotopic (exact) mass is 441 g/mol. The first-order chi connectivity index (χ1) is 14.6. The van der Waals surface area contributed by atoms with Crippen molar-refractivity contribution in [3.63, 3.8) is 0 Å². The lowest BCUT2D eigenvalue weighted by Crippen LogP contribution is -2.20. The summed E-state index contributed by atoms with van der Waals surface area (Å²) in [5, 5.41) is 17.4. The van der Waals surface area contributed by atoms with Gasteiger partial charge in [0.15, 0.2) is 5.65 Å². The van der Waals surface area contributed by atoms with Crippen molar-refractivity contribution in [1.29, 1.82) is 0 Å². The molecule has 1 aromatic carbocycles. The second-order valence-corrected chi connectivity index (χ2v) is 6.37. The second kappa shape index (κ2) is 8.53. The van der Waals surface area contributed by atoms with Gasteiger partial charge in [0, 0.05) is 5.56 Å². The van der Waals surface area contributed by atoms with Gasteiger partial charge in [-0.1, -0.05) is 0 Å². The number of rotatable bonds is 7. The average molecular weight is 441 g/mol. The molecule has 9 nitrogen and oxygen atoms in total. The molecule has 31 heavy (non-hydrogen) atoms. The average Bonchev–Trinajstić information content (AvgIpc) is 3.02. The van der Waals surface area contributed by atoms with E-state index in [0.717, 1.165) is 10.7 Å². The standard InChI is InChI=1S/C18H15F4N5O4/c1-8-15-10(16(19)20)6-12(17(21)22)24-18(15)26(25-8)7-14(28)23-11-4-3-9(31-2)5-13(11)27(29)30/h3-6,16-17H,7H2,1-2H3,(H,23,28). The molecule has 13 heteroatoms. The van der Waals surface area contributed by atoms with Crippen LogP contribution in [-0.4, -0.2) is 32.7 Å². The highest BCUT2D eigenvalue weighted by molar-refractivity contribution is 5.94. The van der Waals surface area contributed by atoms with E-state index < -0.39 is 47.2 Å². The summed E-state index contributed by atoms with van der Waals surface area (Å²) in [6.45, 7) is 0.774. The van der Waals surface area contributed by atoms with Gasteiger partial charge in [-0.15, -0.1) is 0 Å². The van der Waals surface area contributed by atoms with Crippen LogP contribution in [0.3, 0.4) is 0 Å². The van der Waals surface area contributed by atoms with E-state index in [4.69, 9.17) is 4.74 Å². The summed E-state index contributed by atoms with van der Waals surface area (Å²) in [5.74, 6) is -0.609. The second-order valence-electron chi connectivity index (χ2n) is 6.37. The molecule has 0 spiro atoms. The molecule has 0 unspecified atom stereocenters. The lowest BCUT2D eigenvalue weighted by atomic mass is 10.1. The van der Waals surface area contributed by atoms with Gasteiger partial charge in [0.05, 0.1) is 29.2 Å². The number of carbonyl (C=O) groups is 1. The van der Waals surface area contributed by atoms with Crippen molar-refractivity contribution < 1.29 is 32.0 Å². The van der Waals surface area contributed by atoms with Crippen LogP contribution in [0.1, 0.15) is 29.8 Å². The van der Waals surface area contributed by atoms with Crippen molar-refractivity contribution >= 4 is 28.3 Å². The highest BCUT2D eigenvalue weighted by Crippen LogP contribution is 2.33. The fourth-order valence-corrected chi connectivity index (χ4v) is 3.02. The summed E-state index contributed by atoms with van der Waals surface area (Å²) in [7, 11) is 1.32. The fourth-order valence-electron chi connectivity index (χ4n) is 3.02. The number of anilines is 1. The maximum absolute atomic E-state index is 13.4. The van der Waals surface area contributed by atoms with Gasteiger partial charge in [0.25, 0.3) is 18.5 Å². The highest BCUT2D eigenvalue weighted by Gasteiger charge is 2.24. The number of amides is 1. The number of hydrogen-bond donors (Lipinski definition) is 1. The number of carbonyl (C=O) groups excluding carboxylic acids is 1. The van der Waals surface area contributed by atoms with Crippen LogP contribution in [0, 0.1) is 17.0 Å². The highest BCUT2D eigenvalue weighted by atomic mass is 19.3. The van der Waals surface area contributed by atoms with E-state index in [0.29, 0.717) is 6.07 Å². The summed E-state index contributed by atoms with van der Waals surface area (Å²) in [5.41, 5.74) is -2.37. The first-order valence-corrected chi connectivity index (χ1v) is 8.69. The summed E-state index contributed by atoms with van der Waals surface area (Å²) >= 11 is 0. The molecule has 0 bridgehead atoms. The number of ether oxygens (including phenoxy) is 1. The number of hydrogen-bond acceptors (Lipinski definition) is 6. The van der Waals surface area contributed by atoms with Crippen molar-refractivity contribution in [1.82, 2.24) is 14.8 Å². The van der Waals surface area contributed by atoms with Gasteiger partial charge in [-0.2, -0.15) is 5.10 Å². The van der Waals surface area contributed by atoms with E-state index in [9.17, 15) is 32.5 Å². The zero-order chi connectivity index (χ0) is 22.9. The quantitative estimate of drug-likeness (QED) is 0.335. The Labute approximate surface area is 171 Å². The molecule has 0 saturated carbocycles. The number of pyridine rings is 1. The number of aromatic nitrogens is 3. The maximum atomic E-state index is 13.4. The fraction of sp³-hybridized carbons (Fsp3) is 0.278. The van der Waals surface area contributed by atoms with Gasteiger partial charge in [-0.05, 0) is 25.1 Å². The Kier molecular flexibility index (Phi) is 6.04. The zero-order valence-electron chi connectivity index (χ0n) is 16.1. The van der Waals surface area contributed by atoms with Crippen molar-refractivity contribution in [2.24, 2.45) is 0 Å². The molecule has 0 radical (unpaired) electrons. The smallest absolute Gasteiger partial charge is 0.296 e. The third-order valence-corrected chi connectivity index (χ3v) is 4.36. The number of halogens is 4. The molecule has 3 aromatic rings. The van der Waals surface area contributed by atoms with Crippen molar-refractivity contribution in [3.05, 3.63) is 51.3 Å². The van der Waals surface area contributed by atoms with Crippen molar-refractivity contribution in [3.8, 4) is 5.75 Å². The Balaban J connectivity index is 1.97. The number of nitrogens with one attached hydrogen (secondary N) is 1. The number of nitro groups is 1. The SMILES string of the molecule is COc1ccc(NC(=O)Cn2nc(C)c3c(C(F)F)cc(C(F)F)nc32)c([N+](=O)[O-])c1. The number of nitrogens with zero attached hydrogens (tertiary/aromatic N) is 4. The van der Waals surface area contributed by atoms with Gasteiger partial charge < -0.3 is 10.1 Å². The Morgan fingerprint density at radius 3 is 2.55 bits per heavy atom. The van der Waals surface area contributed by atoms with E-state index in [2.05, 4.69) is 15.4 Å². The molecule has 2 heterocycles. The number of methoxy groups -OCH3 is 1. The molecule has 0 aliphatic heterocycles. The summed E-state index contributed by atoms with van der Waals surface area (Å²) < 4.78 is 58.8. The van der Waals surface area contributed by atoms with Crippen LogP contribution in [0.2, 0.25) is 0 Å². The molecule has 0 atom stereocenters. The minimum atomic E-state index is -3.11. The first-order valence-electron chi connectivity index (χ1n) is 8.69. The number of benzene rings is 1. The zero-order valence-corrected chi connectivity index (χ0v) is 16.1. The Bertz CT molecular complexity index is 1170. The molecule has 1 N–H and O–H groups in total. The van der Waals surface area contributed by atoms with E-state index in [-0.39, 0.29) is 28.2 Å².